The second-order valence-electron chi connectivity index (χ2n) is 4.60. The third kappa shape index (κ3) is 1.87. The monoisotopic (exact) mass is 290 g/mol. The third-order valence-electron chi connectivity index (χ3n) is 3.25. The van der Waals surface area contributed by atoms with Crippen LogP contribution in [-0.2, 0) is 4.79 Å². The highest BCUT2D eigenvalue weighted by molar-refractivity contribution is 7.19. The number of hydrogen-bond acceptors (Lipinski definition) is 6. The molecule has 104 valence electrons. The van der Waals surface area contributed by atoms with E-state index in [9.17, 15) is 4.79 Å². The Bertz CT molecular complexity index is 698. The molecule has 1 atom stereocenters. The Labute approximate surface area is 120 Å². The van der Waals surface area contributed by atoms with Crippen molar-refractivity contribution in [2.75, 3.05) is 23.4 Å². The molecule has 1 aromatic heterocycles. The fraction of sp³-hybridized carbons (Fsp3) is 0.231. The van der Waals surface area contributed by atoms with Crippen molar-refractivity contribution in [2.45, 2.75) is 13.0 Å². The Hall–Kier alpha value is -2.28. The van der Waals surface area contributed by atoms with Crippen LogP contribution in [0.3, 0.4) is 0 Å². The van der Waals surface area contributed by atoms with E-state index in [2.05, 4.69) is 4.98 Å². The number of fused-ring (bicyclic) bond motifs is 1. The van der Waals surface area contributed by atoms with E-state index in [0.29, 0.717) is 27.3 Å². The first-order valence-electron chi connectivity index (χ1n) is 6.08. The molecule has 1 aliphatic heterocycles. The van der Waals surface area contributed by atoms with Crippen LogP contribution in [0.4, 0.5) is 15.8 Å². The number of thiazole rings is 1. The molecule has 0 saturated carbocycles. The molecule has 6 nitrogen and oxygen atoms in total. The highest BCUT2D eigenvalue weighted by atomic mass is 32.1. The Morgan fingerprint density at radius 2 is 2.15 bits per heavy atom. The standard InChI is InChI=1S/C13H14N4O2S/c1-6-12(18)17(2)8-5-7(3-4-9(8)19-6)10-11(14)20-13(15)16-10/h3-6H,14H2,1-2H3,(H2,15,16). The first-order valence-corrected chi connectivity index (χ1v) is 6.89. The molecule has 0 bridgehead atoms. The topological polar surface area (TPSA) is 94.5 Å². The highest BCUT2D eigenvalue weighted by Gasteiger charge is 2.29. The van der Waals surface area contributed by atoms with Gasteiger partial charge in [-0.25, -0.2) is 4.98 Å². The number of nitrogens with zero attached hydrogens (tertiary/aromatic N) is 2. The zero-order valence-corrected chi connectivity index (χ0v) is 11.9. The summed E-state index contributed by atoms with van der Waals surface area (Å²) in [5.74, 6) is 0.588. The molecule has 20 heavy (non-hydrogen) atoms. The normalized spacial score (nSPS) is 17.8. The van der Waals surface area contributed by atoms with Crippen molar-refractivity contribution in [3.8, 4) is 17.0 Å². The molecule has 0 saturated heterocycles. The lowest BCUT2D eigenvalue weighted by molar-refractivity contribution is -0.125. The number of amides is 1. The van der Waals surface area contributed by atoms with E-state index in [1.54, 1.807) is 18.9 Å². The summed E-state index contributed by atoms with van der Waals surface area (Å²) in [6.07, 6.45) is -0.474. The minimum atomic E-state index is -0.474. The van der Waals surface area contributed by atoms with Crippen LogP contribution in [0.1, 0.15) is 6.92 Å². The maximum absolute atomic E-state index is 11.9. The quantitative estimate of drug-likeness (QED) is 0.834. The van der Waals surface area contributed by atoms with E-state index in [-0.39, 0.29) is 5.91 Å². The molecule has 0 aliphatic carbocycles. The molecule has 2 heterocycles. The van der Waals surface area contributed by atoms with E-state index in [1.165, 1.54) is 11.3 Å². The molecule has 0 fully saturated rings. The van der Waals surface area contributed by atoms with Crippen molar-refractivity contribution in [3.05, 3.63) is 18.2 Å². The number of nitrogens with two attached hydrogens (primary N) is 2. The number of carbonyl (C=O) groups is 1. The second kappa shape index (κ2) is 4.38. The minimum Gasteiger partial charge on any atom is -0.479 e. The molecular weight excluding hydrogens is 276 g/mol. The highest BCUT2D eigenvalue weighted by Crippen LogP contribution is 2.39. The summed E-state index contributed by atoms with van der Waals surface area (Å²) in [6.45, 7) is 1.73. The van der Waals surface area contributed by atoms with Crippen LogP contribution in [0.25, 0.3) is 11.3 Å². The van der Waals surface area contributed by atoms with Gasteiger partial charge in [-0.05, 0) is 25.1 Å². The lowest BCUT2D eigenvalue weighted by atomic mass is 10.1. The maximum Gasteiger partial charge on any atom is 0.267 e. The van der Waals surface area contributed by atoms with E-state index >= 15 is 0 Å². The molecule has 3 rings (SSSR count). The van der Waals surface area contributed by atoms with Gasteiger partial charge in [-0.2, -0.15) is 0 Å². The second-order valence-corrected chi connectivity index (χ2v) is 5.67. The average Bonchev–Trinajstić information content (AvgIpc) is 2.75. The number of likely N-dealkylation sites (N-methyl/N-ethyl adjacent to an activating group) is 1. The van der Waals surface area contributed by atoms with Crippen LogP contribution in [0, 0.1) is 0 Å². The molecule has 4 N–H and O–H groups in total. The van der Waals surface area contributed by atoms with Crippen LogP contribution in [0.5, 0.6) is 5.75 Å². The molecule has 2 aromatic rings. The fourth-order valence-electron chi connectivity index (χ4n) is 2.21. The predicted molar refractivity (Wildman–Crippen MR) is 79.9 cm³/mol. The van der Waals surface area contributed by atoms with E-state index in [0.717, 1.165) is 5.56 Å². The fourth-order valence-corrected chi connectivity index (χ4v) is 2.84. The van der Waals surface area contributed by atoms with Crippen molar-refractivity contribution in [1.82, 2.24) is 4.98 Å². The van der Waals surface area contributed by atoms with Crippen molar-refractivity contribution in [1.29, 1.82) is 0 Å². The molecular formula is C13H14N4O2S. The molecule has 1 aliphatic rings. The minimum absolute atomic E-state index is 0.0830. The largest absolute Gasteiger partial charge is 0.479 e. The van der Waals surface area contributed by atoms with Crippen molar-refractivity contribution < 1.29 is 9.53 Å². The van der Waals surface area contributed by atoms with Crippen LogP contribution < -0.4 is 21.1 Å². The Balaban J connectivity index is 2.10. The van der Waals surface area contributed by atoms with Crippen molar-refractivity contribution in [3.63, 3.8) is 0 Å². The summed E-state index contributed by atoms with van der Waals surface area (Å²) in [4.78, 5) is 17.7. The number of hydrogen-bond donors (Lipinski definition) is 2. The number of rotatable bonds is 1. The molecule has 1 unspecified atom stereocenters. The Morgan fingerprint density at radius 3 is 2.80 bits per heavy atom. The van der Waals surface area contributed by atoms with Gasteiger partial charge in [0.25, 0.3) is 5.91 Å². The lowest BCUT2D eigenvalue weighted by Crippen LogP contribution is -2.41. The van der Waals surface area contributed by atoms with E-state index in [1.807, 2.05) is 18.2 Å². The predicted octanol–water partition coefficient (Wildman–Crippen LogP) is 1.72. The number of benzene rings is 1. The summed E-state index contributed by atoms with van der Waals surface area (Å²) in [5.41, 5.74) is 13.7. The van der Waals surface area contributed by atoms with Crippen molar-refractivity contribution in [2.24, 2.45) is 0 Å². The smallest absolute Gasteiger partial charge is 0.267 e. The Morgan fingerprint density at radius 1 is 1.40 bits per heavy atom. The SMILES string of the molecule is CC1Oc2ccc(-c3nc(N)sc3N)cc2N(C)C1=O. The van der Waals surface area contributed by atoms with E-state index in [4.69, 9.17) is 16.2 Å². The van der Waals surface area contributed by atoms with Crippen LogP contribution in [0.2, 0.25) is 0 Å². The third-order valence-corrected chi connectivity index (χ3v) is 3.96. The summed E-state index contributed by atoms with van der Waals surface area (Å²) >= 11 is 1.24. The van der Waals surface area contributed by atoms with Gasteiger partial charge in [-0.3, -0.25) is 4.79 Å². The van der Waals surface area contributed by atoms with Gasteiger partial charge in [0.05, 0.1) is 5.69 Å². The molecule has 0 spiro atoms. The van der Waals surface area contributed by atoms with Crippen LogP contribution in [-0.4, -0.2) is 24.0 Å². The van der Waals surface area contributed by atoms with Gasteiger partial charge in [0.2, 0.25) is 0 Å². The summed E-state index contributed by atoms with van der Waals surface area (Å²) in [7, 11) is 1.72. The number of ether oxygens (including phenoxy) is 1. The van der Waals surface area contributed by atoms with Gasteiger partial charge in [0.1, 0.15) is 16.4 Å². The van der Waals surface area contributed by atoms with Gasteiger partial charge >= 0.3 is 0 Å². The summed E-state index contributed by atoms with van der Waals surface area (Å²) in [5, 5.41) is 0.978. The van der Waals surface area contributed by atoms with Crippen molar-refractivity contribution >= 4 is 33.1 Å². The van der Waals surface area contributed by atoms with Gasteiger partial charge in [-0.1, -0.05) is 11.3 Å². The number of anilines is 3. The van der Waals surface area contributed by atoms with Crippen LogP contribution in [0.15, 0.2) is 18.2 Å². The summed E-state index contributed by atoms with van der Waals surface area (Å²) < 4.78 is 5.58. The molecule has 0 radical (unpaired) electrons. The number of aromatic nitrogens is 1. The first kappa shape index (κ1) is 12.7. The molecule has 1 aromatic carbocycles. The molecule has 1 amide bonds. The van der Waals surface area contributed by atoms with Gasteiger partial charge < -0.3 is 21.1 Å². The first-order chi connectivity index (χ1) is 9.47. The Kier molecular flexibility index (Phi) is 2.79. The zero-order chi connectivity index (χ0) is 14.4. The summed E-state index contributed by atoms with van der Waals surface area (Å²) in [6, 6.07) is 5.52. The average molecular weight is 290 g/mol. The zero-order valence-electron chi connectivity index (χ0n) is 11.1. The maximum atomic E-state index is 11.9. The number of carbonyl (C=O) groups excluding carboxylic acids is 1. The van der Waals surface area contributed by atoms with Gasteiger partial charge in [-0.15, -0.1) is 0 Å². The number of nitrogen functional groups attached to an aromatic ring is 2. The van der Waals surface area contributed by atoms with E-state index < -0.39 is 6.10 Å². The van der Waals surface area contributed by atoms with Gasteiger partial charge in [0, 0.05) is 12.6 Å². The molecule has 7 heteroatoms. The van der Waals surface area contributed by atoms with Crippen LogP contribution >= 0.6 is 11.3 Å². The lowest BCUT2D eigenvalue weighted by Gasteiger charge is -2.30. The van der Waals surface area contributed by atoms with Gasteiger partial charge in [0.15, 0.2) is 11.2 Å².